The van der Waals surface area contributed by atoms with Gasteiger partial charge in [0.15, 0.2) is 5.43 Å². The van der Waals surface area contributed by atoms with Crippen LogP contribution in [0.4, 0.5) is 5.69 Å². The number of aromatic nitrogens is 1. The number of nitrogens with one attached hydrogen (secondary N) is 2. The van der Waals surface area contributed by atoms with Gasteiger partial charge in [-0.05, 0) is 56.2 Å². The van der Waals surface area contributed by atoms with E-state index in [0.29, 0.717) is 47.3 Å². The molecule has 1 aliphatic rings. The van der Waals surface area contributed by atoms with Crippen LogP contribution in [0.2, 0.25) is 0 Å². The molecule has 2 aromatic carbocycles. The number of rotatable bonds is 5. The fraction of sp³-hybridized carbons (Fsp3) is 0.261. The normalized spacial score (nSPS) is 16.9. The zero-order valence-corrected chi connectivity index (χ0v) is 16.9. The minimum atomic E-state index is -0.516. The van der Waals surface area contributed by atoms with Crippen LogP contribution < -0.4 is 15.6 Å². The Morgan fingerprint density at radius 1 is 1.20 bits per heavy atom. The van der Waals surface area contributed by atoms with E-state index in [0.717, 1.165) is 11.4 Å². The molecule has 1 heterocycles. The Labute approximate surface area is 173 Å². The lowest BCUT2D eigenvalue weighted by Crippen LogP contribution is -2.31. The maximum Gasteiger partial charge on any atom is 0.314 e. The lowest BCUT2D eigenvalue weighted by Gasteiger charge is -2.25. The van der Waals surface area contributed by atoms with Crippen molar-refractivity contribution >= 4 is 28.3 Å². The topological polar surface area (TPSA) is 92.8 Å². The number of hydrazone groups is 1. The zero-order chi connectivity index (χ0) is 21.1. The van der Waals surface area contributed by atoms with Crippen molar-refractivity contribution in [2.75, 3.05) is 19.1 Å². The third kappa shape index (κ3) is 3.66. The van der Waals surface area contributed by atoms with Gasteiger partial charge in [0.2, 0.25) is 0 Å². The SMILES string of the molecule is CCOC(=O)C1CC/C(=N/Nc2ccc(OC)cc2)c2c1[nH]c1ccccc1c2=O. The standard InChI is InChI=1S/C23H23N3O4/c1-3-30-23(28)17-12-13-19(26-25-14-8-10-15(29-2)11-9-14)20-21(17)24-18-7-5-4-6-16(18)22(20)27/h4-11,17,25H,3,12-13H2,1-2H3,(H,24,27)/b26-19-. The third-order valence-electron chi connectivity index (χ3n) is 5.23. The number of aromatic amines is 1. The van der Waals surface area contributed by atoms with Gasteiger partial charge in [-0.1, -0.05) is 12.1 Å². The third-order valence-corrected chi connectivity index (χ3v) is 5.23. The molecular formula is C23H23N3O4. The number of hydrogen-bond donors (Lipinski definition) is 2. The maximum absolute atomic E-state index is 13.3. The number of benzene rings is 2. The number of nitrogens with zero attached hydrogens (tertiary/aromatic N) is 1. The number of anilines is 1. The summed E-state index contributed by atoms with van der Waals surface area (Å²) >= 11 is 0. The van der Waals surface area contributed by atoms with Crippen molar-refractivity contribution in [3.05, 3.63) is 70.0 Å². The van der Waals surface area contributed by atoms with Crippen LogP contribution in [0.5, 0.6) is 5.75 Å². The van der Waals surface area contributed by atoms with Gasteiger partial charge in [0.1, 0.15) is 5.75 Å². The predicted molar refractivity (Wildman–Crippen MR) is 116 cm³/mol. The van der Waals surface area contributed by atoms with E-state index < -0.39 is 5.92 Å². The van der Waals surface area contributed by atoms with Crippen molar-refractivity contribution in [1.82, 2.24) is 4.98 Å². The first kappa shape index (κ1) is 19.7. The molecule has 1 unspecified atom stereocenters. The van der Waals surface area contributed by atoms with Gasteiger partial charge in [-0.2, -0.15) is 5.10 Å². The lowest BCUT2D eigenvalue weighted by molar-refractivity contribution is -0.145. The Kier molecular flexibility index (Phi) is 5.52. The average molecular weight is 405 g/mol. The summed E-state index contributed by atoms with van der Waals surface area (Å²) in [6.07, 6.45) is 1.00. The van der Waals surface area contributed by atoms with Gasteiger partial charge in [-0.15, -0.1) is 0 Å². The maximum atomic E-state index is 13.3. The first-order valence-corrected chi connectivity index (χ1v) is 9.91. The molecule has 3 aromatic rings. The average Bonchev–Trinajstić information content (AvgIpc) is 2.78. The summed E-state index contributed by atoms with van der Waals surface area (Å²) in [5.41, 5.74) is 5.98. The van der Waals surface area contributed by atoms with Crippen LogP contribution >= 0.6 is 0 Å². The van der Waals surface area contributed by atoms with E-state index in [-0.39, 0.29) is 11.4 Å². The van der Waals surface area contributed by atoms with Crippen LogP contribution in [0.15, 0.2) is 58.4 Å². The number of pyridine rings is 1. The molecule has 1 aromatic heterocycles. The molecule has 0 aliphatic heterocycles. The second-order valence-corrected chi connectivity index (χ2v) is 7.03. The molecule has 1 atom stereocenters. The summed E-state index contributed by atoms with van der Waals surface area (Å²) in [5, 5.41) is 5.08. The molecule has 0 spiro atoms. The predicted octanol–water partition coefficient (Wildman–Crippen LogP) is 3.79. The van der Waals surface area contributed by atoms with E-state index in [1.807, 2.05) is 42.5 Å². The van der Waals surface area contributed by atoms with Crippen molar-refractivity contribution in [3.8, 4) is 5.75 Å². The van der Waals surface area contributed by atoms with Gasteiger partial charge in [-0.3, -0.25) is 15.0 Å². The molecule has 4 rings (SSSR count). The molecule has 154 valence electrons. The van der Waals surface area contributed by atoms with Gasteiger partial charge in [0.05, 0.1) is 36.6 Å². The van der Waals surface area contributed by atoms with Crippen molar-refractivity contribution < 1.29 is 14.3 Å². The van der Waals surface area contributed by atoms with Crippen LogP contribution in [0, 0.1) is 0 Å². The van der Waals surface area contributed by atoms with Crippen LogP contribution in [0.25, 0.3) is 10.9 Å². The Balaban J connectivity index is 1.78. The number of carbonyl (C=O) groups excluding carboxylic acids is 1. The van der Waals surface area contributed by atoms with Crippen molar-refractivity contribution in [2.24, 2.45) is 5.10 Å². The molecule has 0 saturated carbocycles. The summed E-state index contributed by atoms with van der Waals surface area (Å²) in [5.74, 6) is -0.0968. The highest BCUT2D eigenvalue weighted by atomic mass is 16.5. The number of hydrogen-bond acceptors (Lipinski definition) is 6. The Morgan fingerprint density at radius 2 is 1.97 bits per heavy atom. The first-order chi connectivity index (χ1) is 14.6. The van der Waals surface area contributed by atoms with Gasteiger partial charge in [0.25, 0.3) is 0 Å². The number of methoxy groups -OCH3 is 1. The minimum Gasteiger partial charge on any atom is -0.497 e. The van der Waals surface area contributed by atoms with Crippen LogP contribution in [-0.4, -0.2) is 30.4 Å². The fourth-order valence-corrected chi connectivity index (χ4v) is 3.74. The Morgan fingerprint density at radius 3 is 2.70 bits per heavy atom. The molecule has 0 fully saturated rings. The van der Waals surface area contributed by atoms with Crippen molar-refractivity contribution in [3.63, 3.8) is 0 Å². The first-order valence-electron chi connectivity index (χ1n) is 9.91. The summed E-state index contributed by atoms with van der Waals surface area (Å²) in [4.78, 5) is 29.1. The molecule has 30 heavy (non-hydrogen) atoms. The number of carbonyl (C=O) groups is 1. The van der Waals surface area contributed by atoms with E-state index in [1.54, 1.807) is 20.1 Å². The Bertz CT molecular complexity index is 1170. The quantitative estimate of drug-likeness (QED) is 0.498. The summed E-state index contributed by atoms with van der Waals surface area (Å²) in [7, 11) is 1.61. The van der Waals surface area contributed by atoms with E-state index in [1.165, 1.54) is 0 Å². The molecule has 2 N–H and O–H groups in total. The number of para-hydroxylation sites is 1. The zero-order valence-electron chi connectivity index (χ0n) is 16.9. The molecule has 1 aliphatic carbocycles. The van der Waals surface area contributed by atoms with Gasteiger partial charge < -0.3 is 14.5 Å². The van der Waals surface area contributed by atoms with Crippen molar-refractivity contribution in [1.29, 1.82) is 0 Å². The molecule has 7 heteroatoms. The monoisotopic (exact) mass is 405 g/mol. The Hall–Kier alpha value is -3.61. The van der Waals surface area contributed by atoms with Crippen LogP contribution in [0.3, 0.4) is 0 Å². The molecule has 0 amide bonds. The van der Waals surface area contributed by atoms with Gasteiger partial charge in [0, 0.05) is 16.6 Å². The molecule has 7 nitrogen and oxygen atoms in total. The lowest BCUT2D eigenvalue weighted by atomic mass is 9.84. The summed E-state index contributed by atoms with van der Waals surface area (Å²) < 4.78 is 10.4. The fourth-order valence-electron chi connectivity index (χ4n) is 3.74. The van der Waals surface area contributed by atoms with E-state index in [9.17, 15) is 9.59 Å². The number of H-pyrrole nitrogens is 1. The second-order valence-electron chi connectivity index (χ2n) is 7.03. The van der Waals surface area contributed by atoms with E-state index in [4.69, 9.17) is 9.47 Å². The van der Waals surface area contributed by atoms with Gasteiger partial charge in [-0.25, -0.2) is 0 Å². The molecular weight excluding hydrogens is 382 g/mol. The summed E-state index contributed by atoms with van der Waals surface area (Å²) in [6.45, 7) is 2.07. The number of fused-ring (bicyclic) bond motifs is 2. The van der Waals surface area contributed by atoms with Crippen LogP contribution in [-0.2, 0) is 9.53 Å². The highest BCUT2D eigenvalue weighted by Gasteiger charge is 2.34. The van der Waals surface area contributed by atoms with E-state index in [2.05, 4.69) is 15.5 Å². The molecule has 0 bridgehead atoms. The van der Waals surface area contributed by atoms with Gasteiger partial charge >= 0.3 is 5.97 Å². The van der Waals surface area contributed by atoms with Crippen molar-refractivity contribution in [2.45, 2.75) is 25.7 Å². The minimum absolute atomic E-state index is 0.136. The van der Waals surface area contributed by atoms with E-state index >= 15 is 0 Å². The van der Waals surface area contributed by atoms with Crippen LogP contribution in [0.1, 0.15) is 36.9 Å². The molecule has 0 radical (unpaired) electrons. The summed E-state index contributed by atoms with van der Waals surface area (Å²) in [6, 6.07) is 14.6. The highest BCUT2D eigenvalue weighted by Crippen LogP contribution is 2.31. The highest BCUT2D eigenvalue weighted by molar-refractivity contribution is 6.06. The molecule has 0 saturated heterocycles. The smallest absolute Gasteiger partial charge is 0.314 e. The number of esters is 1. The largest absolute Gasteiger partial charge is 0.497 e. The number of ether oxygens (including phenoxy) is 2. The second kappa shape index (κ2) is 8.41.